The molecule has 0 bridgehead atoms. The van der Waals surface area contributed by atoms with Crippen LogP contribution >= 0.6 is 0 Å². The molecule has 10 heavy (non-hydrogen) atoms. The molecule has 0 aliphatic heterocycles. The predicted molar refractivity (Wildman–Crippen MR) is 33.5 cm³/mol. The highest BCUT2D eigenvalue weighted by molar-refractivity contribution is 5.82. The number of aryl methyl sites for hydroxylation is 1. The van der Waals surface area contributed by atoms with Gasteiger partial charge in [-0.1, -0.05) is 0 Å². The van der Waals surface area contributed by atoms with Crippen molar-refractivity contribution in [1.82, 2.24) is 4.98 Å². The lowest BCUT2D eigenvalue weighted by molar-refractivity contribution is -0.119. The van der Waals surface area contributed by atoms with E-state index in [2.05, 4.69) is 4.98 Å². The third kappa shape index (κ3) is 0.744. The number of hydrogen-bond donors (Lipinski definition) is 0. The molecule has 1 aliphatic rings. The third-order valence-electron chi connectivity index (χ3n) is 1.72. The van der Waals surface area contributed by atoms with Gasteiger partial charge in [0.15, 0.2) is 6.39 Å². The number of ketones is 1. The third-order valence-corrected chi connectivity index (χ3v) is 1.72. The fraction of sp³-hybridized carbons (Fsp3) is 0.429. The summed E-state index contributed by atoms with van der Waals surface area (Å²) in [5, 5.41) is 0. The van der Waals surface area contributed by atoms with Crippen LogP contribution in [0.15, 0.2) is 10.8 Å². The first-order chi connectivity index (χ1) is 4.86. The maximum Gasteiger partial charge on any atom is 0.181 e. The van der Waals surface area contributed by atoms with Crippen molar-refractivity contribution in [3.05, 3.63) is 17.8 Å². The Kier molecular flexibility index (Phi) is 1.09. The highest BCUT2D eigenvalue weighted by Crippen LogP contribution is 2.16. The molecule has 0 aromatic carbocycles. The van der Waals surface area contributed by atoms with Crippen molar-refractivity contribution in [3.63, 3.8) is 0 Å². The van der Waals surface area contributed by atoms with Gasteiger partial charge in [-0.25, -0.2) is 4.98 Å². The highest BCUT2D eigenvalue weighted by atomic mass is 16.3. The molecule has 0 saturated carbocycles. The average Bonchev–Trinajstić information content (AvgIpc) is 2.33. The second kappa shape index (κ2) is 1.94. The van der Waals surface area contributed by atoms with Gasteiger partial charge in [0.25, 0.3) is 0 Å². The zero-order valence-corrected chi connectivity index (χ0v) is 5.46. The Hall–Kier alpha value is -1.12. The second-order valence-electron chi connectivity index (χ2n) is 2.44. The van der Waals surface area contributed by atoms with Crippen LogP contribution < -0.4 is 0 Å². The number of carbonyl (C=O) groups is 1. The van der Waals surface area contributed by atoms with Crippen molar-refractivity contribution < 1.29 is 9.21 Å². The summed E-state index contributed by atoms with van der Waals surface area (Å²) in [7, 11) is 0. The molecule has 0 radical (unpaired) electrons. The van der Waals surface area contributed by atoms with Crippen molar-refractivity contribution in [3.8, 4) is 0 Å². The van der Waals surface area contributed by atoms with E-state index in [1.165, 1.54) is 6.39 Å². The van der Waals surface area contributed by atoms with Crippen LogP contribution in [0.3, 0.4) is 0 Å². The fourth-order valence-electron chi connectivity index (χ4n) is 1.17. The van der Waals surface area contributed by atoms with E-state index in [1.54, 1.807) is 0 Å². The molecule has 3 nitrogen and oxygen atoms in total. The summed E-state index contributed by atoms with van der Waals surface area (Å²) in [6.07, 6.45) is 3.22. The molecule has 0 fully saturated rings. The summed E-state index contributed by atoms with van der Waals surface area (Å²) in [5.41, 5.74) is 0.958. The first-order valence-corrected chi connectivity index (χ1v) is 3.29. The van der Waals surface area contributed by atoms with Crippen LogP contribution in [0.4, 0.5) is 0 Å². The molecule has 0 atom stereocenters. The monoisotopic (exact) mass is 137 g/mol. The first kappa shape index (κ1) is 5.65. The van der Waals surface area contributed by atoms with E-state index >= 15 is 0 Å². The lowest BCUT2D eigenvalue weighted by Gasteiger charge is -2.05. The number of Topliss-reactive ketones (excluding diaryl/α,β-unsaturated/α-hetero) is 1. The Bertz CT molecular complexity index is 264. The molecule has 0 N–H and O–H groups in total. The molecule has 0 spiro atoms. The minimum absolute atomic E-state index is 0.254. The summed E-state index contributed by atoms with van der Waals surface area (Å²) in [5.74, 6) is 1.01. The summed E-state index contributed by atoms with van der Waals surface area (Å²) in [6, 6.07) is 0. The van der Waals surface area contributed by atoms with Gasteiger partial charge >= 0.3 is 0 Å². The smallest absolute Gasteiger partial charge is 0.181 e. The molecule has 0 saturated heterocycles. The maximum absolute atomic E-state index is 10.8. The topological polar surface area (TPSA) is 43.1 Å². The average molecular weight is 137 g/mol. The van der Waals surface area contributed by atoms with Crippen LogP contribution in [0.25, 0.3) is 0 Å². The van der Waals surface area contributed by atoms with Gasteiger partial charge in [0.2, 0.25) is 0 Å². The lowest BCUT2D eigenvalue weighted by Crippen LogP contribution is -2.11. The van der Waals surface area contributed by atoms with Gasteiger partial charge in [-0.05, 0) is 0 Å². The normalized spacial score (nSPS) is 17.0. The van der Waals surface area contributed by atoms with Crippen LogP contribution in [-0.4, -0.2) is 10.8 Å². The molecule has 2 rings (SSSR count). The lowest BCUT2D eigenvalue weighted by atomic mass is 10.0. The number of oxazole rings is 1. The highest BCUT2D eigenvalue weighted by Gasteiger charge is 2.18. The Labute approximate surface area is 58.1 Å². The fourth-order valence-corrected chi connectivity index (χ4v) is 1.17. The van der Waals surface area contributed by atoms with Gasteiger partial charge in [0.1, 0.15) is 11.5 Å². The predicted octanol–water partition coefficient (Wildman–Crippen LogP) is 0.732. The summed E-state index contributed by atoms with van der Waals surface area (Å²) in [4.78, 5) is 14.8. The van der Waals surface area contributed by atoms with Crippen LogP contribution in [0.2, 0.25) is 0 Å². The molecule has 1 heterocycles. The summed E-state index contributed by atoms with van der Waals surface area (Å²) in [6.45, 7) is 0. The minimum Gasteiger partial charge on any atom is -0.448 e. The molecular weight excluding hydrogens is 130 g/mol. The van der Waals surface area contributed by atoms with Gasteiger partial charge in [-0.2, -0.15) is 0 Å². The molecule has 1 aromatic heterocycles. The Morgan fingerprint density at radius 2 is 2.40 bits per heavy atom. The summed E-state index contributed by atoms with van der Waals surface area (Å²) < 4.78 is 4.99. The maximum atomic E-state index is 10.8. The van der Waals surface area contributed by atoms with Crippen LogP contribution in [0.1, 0.15) is 17.9 Å². The molecule has 0 unspecified atom stereocenters. The van der Waals surface area contributed by atoms with Crippen molar-refractivity contribution >= 4 is 5.78 Å². The zero-order chi connectivity index (χ0) is 6.97. The standard InChI is InChI=1S/C7H7NO2/c9-5-1-2-6-7(3-5)10-4-8-6/h4H,1-3H2. The Balaban J connectivity index is 2.39. The molecule has 3 heteroatoms. The number of fused-ring (bicyclic) bond motifs is 1. The van der Waals surface area contributed by atoms with Gasteiger partial charge in [0.05, 0.1) is 12.1 Å². The van der Waals surface area contributed by atoms with E-state index in [0.29, 0.717) is 12.8 Å². The van der Waals surface area contributed by atoms with Crippen molar-refractivity contribution in [2.24, 2.45) is 0 Å². The SMILES string of the molecule is O=C1CCc2ncoc2C1. The van der Waals surface area contributed by atoms with Gasteiger partial charge in [0, 0.05) is 12.8 Å². The first-order valence-electron chi connectivity index (χ1n) is 3.29. The molecular formula is C7H7NO2. The van der Waals surface area contributed by atoms with Crippen molar-refractivity contribution in [2.45, 2.75) is 19.3 Å². The number of aromatic nitrogens is 1. The van der Waals surface area contributed by atoms with Gasteiger partial charge in [-0.15, -0.1) is 0 Å². The van der Waals surface area contributed by atoms with Crippen LogP contribution in [0.5, 0.6) is 0 Å². The van der Waals surface area contributed by atoms with Gasteiger partial charge in [-0.3, -0.25) is 4.79 Å². The van der Waals surface area contributed by atoms with Crippen LogP contribution in [0, 0.1) is 0 Å². The van der Waals surface area contributed by atoms with E-state index in [9.17, 15) is 4.79 Å². The Morgan fingerprint density at radius 3 is 3.30 bits per heavy atom. The van der Waals surface area contributed by atoms with E-state index in [1.807, 2.05) is 0 Å². The number of rotatable bonds is 0. The van der Waals surface area contributed by atoms with Crippen molar-refractivity contribution in [1.29, 1.82) is 0 Å². The van der Waals surface area contributed by atoms with Gasteiger partial charge < -0.3 is 4.42 Å². The molecule has 1 aliphatic carbocycles. The number of carbonyl (C=O) groups excluding carboxylic acids is 1. The largest absolute Gasteiger partial charge is 0.448 e. The van der Waals surface area contributed by atoms with E-state index in [0.717, 1.165) is 17.9 Å². The molecule has 0 amide bonds. The zero-order valence-electron chi connectivity index (χ0n) is 5.46. The van der Waals surface area contributed by atoms with Crippen LogP contribution in [-0.2, 0) is 17.6 Å². The quantitative estimate of drug-likeness (QED) is 0.529. The van der Waals surface area contributed by atoms with E-state index in [-0.39, 0.29) is 5.78 Å². The summed E-state index contributed by atoms with van der Waals surface area (Å²) >= 11 is 0. The van der Waals surface area contributed by atoms with E-state index in [4.69, 9.17) is 4.42 Å². The van der Waals surface area contributed by atoms with E-state index < -0.39 is 0 Å². The molecule has 52 valence electrons. The Morgan fingerprint density at radius 1 is 1.50 bits per heavy atom. The second-order valence-corrected chi connectivity index (χ2v) is 2.44. The van der Waals surface area contributed by atoms with Crippen molar-refractivity contribution in [2.75, 3.05) is 0 Å². The number of hydrogen-bond acceptors (Lipinski definition) is 3. The minimum atomic E-state index is 0.254. The molecule has 1 aromatic rings. The number of nitrogens with zero attached hydrogens (tertiary/aromatic N) is 1.